The Morgan fingerprint density at radius 2 is 2.03 bits per heavy atom. The highest BCUT2D eigenvalue weighted by Crippen LogP contribution is 2.30. The lowest BCUT2D eigenvalue weighted by atomic mass is 10.1. The number of halogens is 1. The first-order valence-electron chi connectivity index (χ1n) is 10.2. The molecule has 0 unspecified atom stereocenters. The maximum Gasteiger partial charge on any atom is 0.414 e. The van der Waals surface area contributed by atoms with E-state index in [2.05, 4.69) is 15.4 Å². The summed E-state index contributed by atoms with van der Waals surface area (Å²) >= 11 is 7.08. The Labute approximate surface area is 188 Å². The summed E-state index contributed by atoms with van der Waals surface area (Å²) in [4.78, 5) is 34.2. The van der Waals surface area contributed by atoms with Crippen LogP contribution < -0.4 is 10.2 Å². The van der Waals surface area contributed by atoms with Gasteiger partial charge in [0.15, 0.2) is 5.84 Å². The van der Waals surface area contributed by atoms with Crippen molar-refractivity contribution in [3.63, 3.8) is 0 Å². The van der Waals surface area contributed by atoms with E-state index in [1.807, 2.05) is 24.3 Å². The van der Waals surface area contributed by atoms with E-state index in [9.17, 15) is 9.59 Å². The highest BCUT2D eigenvalue weighted by atomic mass is 35.5. The number of rotatable bonds is 6. The zero-order valence-electron chi connectivity index (χ0n) is 16.6. The molecular weight excluding hydrogens is 440 g/mol. The maximum absolute atomic E-state index is 12.4. The van der Waals surface area contributed by atoms with Gasteiger partial charge in [0.25, 0.3) is 5.91 Å². The SMILES string of the molecule is O=C(NC[C@H]1CN(c2ccc(C3=NOCCN3C3CC3)cc2)C(=O)O1)c1ccc(Cl)s1. The molecule has 2 aromatic rings. The molecular formula is C21H21ClN4O4S. The average Bonchev–Trinajstić information content (AvgIpc) is 3.44. The lowest BCUT2D eigenvalue weighted by molar-refractivity contribution is 0.0920. The van der Waals surface area contributed by atoms with Gasteiger partial charge in [0.05, 0.1) is 28.8 Å². The fourth-order valence-corrected chi connectivity index (χ4v) is 4.68. The van der Waals surface area contributed by atoms with Gasteiger partial charge in [-0.05, 0) is 49.2 Å². The molecule has 162 valence electrons. The molecule has 2 fully saturated rings. The molecule has 5 rings (SSSR count). The highest BCUT2D eigenvalue weighted by Gasteiger charge is 2.35. The molecule has 3 aliphatic rings. The minimum atomic E-state index is -0.427. The van der Waals surface area contributed by atoms with Crippen LogP contribution in [0.2, 0.25) is 4.34 Å². The number of nitrogens with zero attached hydrogens (tertiary/aromatic N) is 3. The molecule has 3 heterocycles. The van der Waals surface area contributed by atoms with Gasteiger partial charge in [0, 0.05) is 17.3 Å². The molecule has 10 heteroatoms. The molecule has 0 radical (unpaired) electrons. The van der Waals surface area contributed by atoms with Gasteiger partial charge < -0.3 is 19.8 Å². The van der Waals surface area contributed by atoms with Crippen LogP contribution >= 0.6 is 22.9 Å². The third kappa shape index (κ3) is 4.33. The molecule has 8 nitrogen and oxygen atoms in total. The quantitative estimate of drug-likeness (QED) is 0.715. The van der Waals surface area contributed by atoms with E-state index in [0.29, 0.717) is 28.4 Å². The summed E-state index contributed by atoms with van der Waals surface area (Å²) in [5, 5.41) is 7.05. The van der Waals surface area contributed by atoms with Crippen molar-refractivity contribution in [3.05, 3.63) is 51.2 Å². The van der Waals surface area contributed by atoms with Crippen molar-refractivity contribution in [1.29, 1.82) is 0 Å². The zero-order chi connectivity index (χ0) is 21.4. The number of cyclic esters (lactones) is 1. The molecule has 1 atom stereocenters. The Hall–Kier alpha value is -2.78. The standard InChI is InChI=1S/C21H21ClN4O4S/c22-18-8-7-17(31-18)20(27)23-11-16-12-26(21(28)30-16)15-3-1-13(2-4-15)19-24-29-10-9-25(19)14-5-6-14/h1-4,7-8,14,16H,5-6,9-12H2,(H,23,27)/t16-/m0/s1. The van der Waals surface area contributed by atoms with E-state index in [0.717, 1.165) is 23.6 Å². The number of benzene rings is 1. The normalized spacial score (nSPS) is 20.9. The van der Waals surface area contributed by atoms with Crippen LogP contribution in [-0.4, -0.2) is 61.1 Å². The predicted molar refractivity (Wildman–Crippen MR) is 118 cm³/mol. The number of hydrogen-bond acceptors (Lipinski definition) is 7. The molecule has 1 aliphatic carbocycles. The fraction of sp³-hybridized carbons (Fsp3) is 0.381. The van der Waals surface area contributed by atoms with E-state index in [1.165, 1.54) is 24.2 Å². The van der Waals surface area contributed by atoms with Crippen molar-refractivity contribution >= 4 is 46.5 Å². The van der Waals surface area contributed by atoms with Crippen LogP contribution in [0.25, 0.3) is 0 Å². The number of ether oxygens (including phenoxy) is 1. The van der Waals surface area contributed by atoms with Gasteiger partial charge in [-0.3, -0.25) is 9.69 Å². The van der Waals surface area contributed by atoms with E-state index >= 15 is 0 Å². The van der Waals surface area contributed by atoms with Gasteiger partial charge in [-0.2, -0.15) is 0 Å². The Balaban J connectivity index is 1.21. The first-order valence-corrected chi connectivity index (χ1v) is 11.4. The second-order valence-corrected chi connectivity index (χ2v) is 9.36. The Morgan fingerprint density at radius 3 is 2.74 bits per heavy atom. The number of oxime groups is 1. The summed E-state index contributed by atoms with van der Waals surface area (Å²) in [6.07, 6.45) is 1.53. The Bertz CT molecular complexity index is 1020. The van der Waals surface area contributed by atoms with Gasteiger partial charge in [0.2, 0.25) is 0 Å². The number of thiophene rings is 1. The molecule has 1 saturated carbocycles. The largest absolute Gasteiger partial charge is 0.442 e. The lowest BCUT2D eigenvalue weighted by Gasteiger charge is -2.28. The highest BCUT2D eigenvalue weighted by molar-refractivity contribution is 7.18. The minimum Gasteiger partial charge on any atom is -0.442 e. The third-order valence-corrected chi connectivity index (χ3v) is 6.66. The molecule has 0 bridgehead atoms. The number of nitrogens with one attached hydrogen (secondary N) is 1. The summed E-state index contributed by atoms with van der Waals surface area (Å²) in [6.45, 7) is 2.05. The van der Waals surface area contributed by atoms with Crippen LogP contribution in [-0.2, 0) is 9.57 Å². The van der Waals surface area contributed by atoms with Crippen molar-refractivity contribution in [2.75, 3.05) is 31.1 Å². The number of hydrogen-bond donors (Lipinski definition) is 1. The van der Waals surface area contributed by atoms with Crippen LogP contribution in [0.4, 0.5) is 10.5 Å². The summed E-state index contributed by atoms with van der Waals surface area (Å²) in [6, 6.07) is 11.6. The van der Waals surface area contributed by atoms with Crippen molar-refractivity contribution in [1.82, 2.24) is 10.2 Å². The monoisotopic (exact) mass is 460 g/mol. The third-order valence-electron chi connectivity index (χ3n) is 5.43. The van der Waals surface area contributed by atoms with Crippen LogP contribution in [0.15, 0.2) is 41.6 Å². The van der Waals surface area contributed by atoms with Crippen LogP contribution in [0, 0.1) is 0 Å². The number of anilines is 1. The summed E-state index contributed by atoms with van der Waals surface area (Å²) in [5.74, 6) is 0.616. The van der Waals surface area contributed by atoms with Crippen molar-refractivity contribution in [2.24, 2.45) is 5.16 Å². The van der Waals surface area contributed by atoms with Crippen molar-refractivity contribution in [2.45, 2.75) is 25.0 Å². The zero-order valence-corrected chi connectivity index (χ0v) is 18.2. The lowest BCUT2D eigenvalue weighted by Crippen LogP contribution is -2.39. The number of carbonyl (C=O) groups excluding carboxylic acids is 2. The maximum atomic E-state index is 12.4. The first-order chi connectivity index (χ1) is 15.1. The first kappa shape index (κ1) is 20.1. The van der Waals surface area contributed by atoms with E-state index in [1.54, 1.807) is 17.0 Å². The van der Waals surface area contributed by atoms with Crippen molar-refractivity contribution in [3.8, 4) is 0 Å². The summed E-state index contributed by atoms with van der Waals surface area (Å²) < 4.78 is 5.97. The van der Waals surface area contributed by atoms with Gasteiger partial charge in [-0.25, -0.2) is 4.79 Å². The molecule has 1 N–H and O–H groups in total. The molecule has 2 aliphatic heterocycles. The summed E-state index contributed by atoms with van der Waals surface area (Å²) in [7, 11) is 0. The second kappa shape index (κ2) is 8.39. The van der Waals surface area contributed by atoms with Gasteiger partial charge in [-0.15, -0.1) is 11.3 Å². The molecule has 2 amide bonds. The van der Waals surface area contributed by atoms with Crippen molar-refractivity contribution < 1.29 is 19.2 Å². The molecule has 31 heavy (non-hydrogen) atoms. The molecule has 1 saturated heterocycles. The Kier molecular flexibility index (Phi) is 5.45. The Morgan fingerprint density at radius 1 is 1.23 bits per heavy atom. The van der Waals surface area contributed by atoms with E-state index in [-0.39, 0.29) is 12.5 Å². The van der Waals surface area contributed by atoms with E-state index < -0.39 is 12.2 Å². The molecule has 1 aromatic carbocycles. The van der Waals surface area contributed by atoms with Crippen LogP contribution in [0.1, 0.15) is 28.1 Å². The van der Waals surface area contributed by atoms with Gasteiger partial charge in [0.1, 0.15) is 12.7 Å². The van der Waals surface area contributed by atoms with Crippen LogP contribution in [0.3, 0.4) is 0 Å². The second-order valence-electron chi connectivity index (χ2n) is 7.65. The molecule has 0 spiro atoms. The van der Waals surface area contributed by atoms with E-state index in [4.69, 9.17) is 21.2 Å². The number of amidine groups is 1. The average molecular weight is 461 g/mol. The predicted octanol–water partition coefficient (Wildman–Crippen LogP) is 3.31. The van der Waals surface area contributed by atoms with Gasteiger partial charge >= 0.3 is 6.09 Å². The summed E-state index contributed by atoms with van der Waals surface area (Å²) in [5.41, 5.74) is 1.70. The number of carbonyl (C=O) groups is 2. The fourth-order valence-electron chi connectivity index (χ4n) is 3.72. The van der Waals surface area contributed by atoms with Crippen LogP contribution in [0.5, 0.6) is 0 Å². The molecule has 1 aromatic heterocycles. The minimum absolute atomic E-state index is 0.230. The number of amides is 2. The van der Waals surface area contributed by atoms with Gasteiger partial charge in [-0.1, -0.05) is 16.8 Å². The topological polar surface area (TPSA) is 83.5 Å². The smallest absolute Gasteiger partial charge is 0.414 e.